The average Bonchev–Trinajstić information content (AvgIpc) is 2.85. The Hall–Kier alpha value is -1.02. The van der Waals surface area contributed by atoms with Gasteiger partial charge in [-0.15, -0.1) is 0 Å². The monoisotopic (exact) mass is 230 g/mol. The van der Waals surface area contributed by atoms with Crippen LogP contribution >= 0.6 is 0 Å². The summed E-state index contributed by atoms with van der Waals surface area (Å²) in [5.41, 5.74) is 4.41. The normalized spacial score (nSPS) is 20.0. The maximum Gasteiger partial charge on any atom is 0.0373 e. The number of fused-ring (bicyclic) bond motifs is 1. The molecule has 0 unspecified atom stereocenters. The van der Waals surface area contributed by atoms with Crippen molar-refractivity contribution in [1.29, 1.82) is 0 Å². The predicted molar refractivity (Wildman–Crippen MR) is 72.6 cm³/mol. The first-order chi connectivity index (χ1) is 8.42. The van der Waals surface area contributed by atoms with Gasteiger partial charge >= 0.3 is 0 Å². The molecule has 2 heteroatoms. The number of piperidine rings is 1. The van der Waals surface area contributed by atoms with Gasteiger partial charge in [0.1, 0.15) is 0 Å². The fourth-order valence-electron chi connectivity index (χ4n) is 3.05. The van der Waals surface area contributed by atoms with Crippen molar-refractivity contribution in [1.82, 2.24) is 5.32 Å². The minimum atomic E-state index is 0.947. The summed E-state index contributed by atoms with van der Waals surface area (Å²) < 4.78 is 0. The maximum absolute atomic E-state index is 3.44. The molecule has 0 saturated carbocycles. The molecule has 2 aliphatic heterocycles. The topological polar surface area (TPSA) is 24.1 Å². The van der Waals surface area contributed by atoms with Gasteiger partial charge in [0.25, 0.3) is 0 Å². The zero-order valence-electron chi connectivity index (χ0n) is 10.5. The molecule has 2 aliphatic rings. The first-order valence-electron chi connectivity index (χ1n) is 6.98. The highest BCUT2D eigenvalue weighted by molar-refractivity contribution is 5.56. The van der Waals surface area contributed by atoms with Crippen LogP contribution in [0.2, 0.25) is 0 Å². The van der Waals surface area contributed by atoms with Crippen molar-refractivity contribution >= 4 is 5.69 Å². The van der Waals surface area contributed by atoms with Crippen LogP contribution < -0.4 is 10.6 Å². The first kappa shape index (κ1) is 11.1. The fourth-order valence-corrected chi connectivity index (χ4v) is 3.05. The summed E-state index contributed by atoms with van der Waals surface area (Å²) in [7, 11) is 0. The van der Waals surface area contributed by atoms with Gasteiger partial charge in [-0.2, -0.15) is 0 Å². The van der Waals surface area contributed by atoms with E-state index in [1.165, 1.54) is 62.0 Å². The highest BCUT2D eigenvalue weighted by atomic mass is 14.9. The van der Waals surface area contributed by atoms with Gasteiger partial charge in [-0.05, 0) is 68.3 Å². The zero-order chi connectivity index (χ0) is 11.5. The number of aryl methyl sites for hydroxylation is 1. The van der Waals surface area contributed by atoms with Gasteiger partial charge in [0, 0.05) is 12.2 Å². The predicted octanol–water partition coefficient (Wildman–Crippen LogP) is 2.59. The van der Waals surface area contributed by atoms with Crippen molar-refractivity contribution in [2.24, 2.45) is 5.92 Å². The Morgan fingerprint density at radius 3 is 2.88 bits per heavy atom. The Morgan fingerprint density at radius 2 is 2.00 bits per heavy atom. The van der Waals surface area contributed by atoms with Crippen molar-refractivity contribution in [2.75, 3.05) is 25.0 Å². The molecule has 0 amide bonds. The van der Waals surface area contributed by atoms with Crippen LogP contribution in [0.25, 0.3) is 0 Å². The summed E-state index contributed by atoms with van der Waals surface area (Å²) in [6.45, 7) is 3.56. The Kier molecular flexibility index (Phi) is 3.32. The van der Waals surface area contributed by atoms with Gasteiger partial charge in [-0.3, -0.25) is 0 Å². The smallest absolute Gasteiger partial charge is 0.0373 e. The molecule has 0 bridgehead atoms. The van der Waals surface area contributed by atoms with Gasteiger partial charge < -0.3 is 10.6 Å². The van der Waals surface area contributed by atoms with Crippen molar-refractivity contribution in [3.8, 4) is 0 Å². The third-order valence-electron chi connectivity index (χ3n) is 4.18. The number of nitrogens with one attached hydrogen (secondary N) is 2. The molecule has 0 aliphatic carbocycles. The summed E-state index contributed by atoms with van der Waals surface area (Å²) in [5.74, 6) is 0.947. The molecule has 3 rings (SSSR count). The summed E-state index contributed by atoms with van der Waals surface area (Å²) in [6, 6.07) is 6.98. The second-order valence-electron chi connectivity index (χ2n) is 5.40. The van der Waals surface area contributed by atoms with Crippen molar-refractivity contribution in [2.45, 2.75) is 32.1 Å². The lowest BCUT2D eigenvalue weighted by molar-refractivity contribution is 0.354. The molecule has 92 valence electrons. The lowest BCUT2D eigenvalue weighted by atomic mass is 9.91. The van der Waals surface area contributed by atoms with Crippen LogP contribution in [0, 0.1) is 5.92 Å². The van der Waals surface area contributed by atoms with E-state index in [1.807, 2.05) is 0 Å². The molecule has 1 aromatic carbocycles. The lowest BCUT2D eigenvalue weighted by Crippen LogP contribution is -2.27. The van der Waals surface area contributed by atoms with Gasteiger partial charge in [-0.25, -0.2) is 0 Å². The van der Waals surface area contributed by atoms with Crippen LogP contribution in [-0.4, -0.2) is 19.6 Å². The molecule has 0 atom stereocenters. The molecule has 1 aromatic rings. The Balaban J connectivity index is 1.57. The largest absolute Gasteiger partial charge is 0.384 e. The molecule has 1 saturated heterocycles. The van der Waals surface area contributed by atoms with E-state index in [1.54, 1.807) is 0 Å². The second-order valence-corrected chi connectivity index (χ2v) is 5.40. The summed E-state index contributed by atoms with van der Waals surface area (Å²) >= 11 is 0. The van der Waals surface area contributed by atoms with Crippen LogP contribution in [0.3, 0.4) is 0 Å². The van der Waals surface area contributed by atoms with E-state index in [4.69, 9.17) is 0 Å². The molecule has 2 nitrogen and oxygen atoms in total. The first-order valence-corrected chi connectivity index (χ1v) is 6.98. The molecule has 0 radical (unpaired) electrons. The maximum atomic E-state index is 3.44. The SMILES string of the molecule is c1cc2c(cc1CCC1CCNCC1)CCN2. The minimum Gasteiger partial charge on any atom is -0.384 e. The van der Waals surface area contributed by atoms with Gasteiger partial charge in [0.05, 0.1) is 0 Å². The van der Waals surface area contributed by atoms with Crippen LogP contribution in [-0.2, 0) is 12.8 Å². The Labute approximate surface area is 104 Å². The molecule has 17 heavy (non-hydrogen) atoms. The van der Waals surface area contributed by atoms with Crippen molar-refractivity contribution in [3.63, 3.8) is 0 Å². The number of rotatable bonds is 3. The number of hydrogen-bond donors (Lipinski definition) is 2. The summed E-state index contributed by atoms with van der Waals surface area (Å²) in [5, 5.41) is 6.86. The van der Waals surface area contributed by atoms with Crippen molar-refractivity contribution in [3.05, 3.63) is 29.3 Å². The Morgan fingerprint density at radius 1 is 1.12 bits per heavy atom. The van der Waals surface area contributed by atoms with Gasteiger partial charge in [-0.1, -0.05) is 12.1 Å². The molecular formula is C15H22N2. The molecule has 0 spiro atoms. The van der Waals surface area contributed by atoms with Gasteiger partial charge in [0.15, 0.2) is 0 Å². The third kappa shape index (κ3) is 2.63. The van der Waals surface area contributed by atoms with E-state index in [0.29, 0.717) is 0 Å². The van der Waals surface area contributed by atoms with Crippen LogP contribution in [0.1, 0.15) is 30.4 Å². The highest BCUT2D eigenvalue weighted by Crippen LogP contribution is 2.25. The van der Waals surface area contributed by atoms with E-state index < -0.39 is 0 Å². The zero-order valence-corrected chi connectivity index (χ0v) is 10.5. The minimum absolute atomic E-state index is 0.947. The van der Waals surface area contributed by atoms with E-state index in [-0.39, 0.29) is 0 Å². The number of benzene rings is 1. The van der Waals surface area contributed by atoms with Crippen LogP contribution in [0.4, 0.5) is 5.69 Å². The molecule has 1 fully saturated rings. The van der Waals surface area contributed by atoms with Crippen LogP contribution in [0.5, 0.6) is 0 Å². The average molecular weight is 230 g/mol. The quantitative estimate of drug-likeness (QED) is 0.834. The van der Waals surface area contributed by atoms with E-state index in [9.17, 15) is 0 Å². The van der Waals surface area contributed by atoms with Gasteiger partial charge in [0.2, 0.25) is 0 Å². The lowest BCUT2D eigenvalue weighted by Gasteiger charge is -2.22. The van der Waals surface area contributed by atoms with E-state index in [2.05, 4.69) is 28.8 Å². The van der Waals surface area contributed by atoms with Crippen molar-refractivity contribution < 1.29 is 0 Å². The number of anilines is 1. The Bertz CT molecular complexity index is 381. The van der Waals surface area contributed by atoms with Crippen LogP contribution in [0.15, 0.2) is 18.2 Å². The molecule has 0 aromatic heterocycles. The fraction of sp³-hybridized carbons (Fsp3) is 0.600. The summed E-state index contributed by atoms with van der Waals surface area (Å²) in [4.78, 5) is 0. The summed E-state index contributed by atoms with van der Waals surface area (Å²) in [6.07, 6.45) is 6.57. The van der Waals surface area contributed by atoms with E-state index in [0.717, 1.165) is 12.5 Å². The second kappa shape index (κ2) is 5.09. The van der Waals surface area contributed by atoms with E-state index >= 15 is 0 Å². The number of hydrogen-bond acceptors (Lipinski definition) is 2. The standard InChI is InChI=1S/C15H22N2/c1(12-5-8-16-9-6-12)2-13-3-4-15-14(11-13)7-10-17-15/h3-4,11-12,16-17H,1-2,5-10H2. The third-order valence-corrected chi connectivity index (χ3v) is 4.18. The molecular weight excluding hydrogens is 208 g/mol. The molecule has 2 N–H and O–H groups in total. The highest BCUT2D eigenvalue weighted by Gasteiger charge is 2.14. The molecule has 2 heterocycles.